The molecule has 0 amide bonds. The Bertz CT molecular complexity index is 241. The summed E-state index contributed by atoms with van der Waals surface area (Å²) in [5.74, 6) is -0.327. The Labute approximate surface area is 79.0 Å². The number of rotatable bonds is 1. The van der Waals surface area contributed by atoms with Crippen molar-refractivity contribution in [2.75, 3.05) is 0 Å². The zero-order valence-electron chi connectivity index (χ0n) is 5.27. The monoisotopic (exact) mass is 231 g/mol. The van der Waals surface area contributed by atoms with E-state index >= 15 is 0 Å². The standard InChI is InChI=1S/C6H4Cl3FP/c7-11(8,9)6-3-1-5(10)2-4-6/h1-4H/q+1. The molecule has 1 rings (SSSR count). The maximum Gasteiger partial charge on any atom is 0.339 e. The molecule has 60 valence electrons. The molecule has 0 aromatic heterocycles. The number of halogens is 4. The summed E-state index contributed by atoms with van der Waals surface area (Å²) >= 11 is 16.9. The van der Waals surface area contributed by atoms with Crippen LogP contribution in [0.1, 0.15) is 0 Å². The van der Waals surface area contributed by atoms with Crippen molar-refractivity contribution in [3.63, 3.8) is 0 Å². The van der Waals surface area contributed by atoms with Crippen molar-refractivity contribution in [1.29, 1.82) is 0 Å². The predicted molar refractivity (Wildman–Crippen MR) is 50.5 cm³/mol. The molecule has 0 unspecified atom stereocenters. The van der Waals surface area contributed by atoms with Crippen LogP contribution in [0.2, 0.25) is 0 Å². The van der Waals surface area contributed by atoms with Gasteiger partial charge in [-0.15, -0.1) is 0 Å². The summed E-state index contributed by atoms with van der Waals surface area (Å²) in [4.78, 5) is 0. The third-order valence-electron chi connectivity index (χ3n) is 1.12. The fraction of sp³-hybridized carbons (Fsp3) is 0. The Morgan fingerprint density at radius 3 is 1.82 bits per heavy atom. The Kier molecular flexibility index (Phi) is 2.99. The van der Waals surface area contributed by atoms with Crippen LogP contribution in [0, 0.1) is 5.82 Å². The third-order valence-corrected chi connectivity index (χ3v) is 3.76. The number of benzene rings is 1. The summed E-state index contributed by atoms with van der Waals surface area (Å²) < 4.78 is 12.4. The van der Waals surface area contributed by atoms with Gasteiger partial charge in [-0.1, -0.05) is 0 Å². The molecule has 0 bridgehead atoms. The first-order chi connectivity index (χ1) is 5.00. The lowest BCUT2D eigenvalue weighted by Gasteiger charge is -1.97. The minimum atomic E-state index is -2.54. The van der Waals surface area contributed by atoms with Crippen molar-refractivity contribution in [3.8, 4) is 0 Å². The van der Waals surface area contributed by atoms with E-state index < -0.39 is 5.32 Å². The maximum absolute atomic E-state index is 12.4. The van der Waals surface area contributed by atoms with E-state index in [1.165, 1.54) is 24.3 Å². The molecular formula is C6H4Cl3FP+. The molecule has 0 aliphatic rings. The molecule has 1 aromatic rings. The zero-order valence-corrected chi connectivity index (χ0v) is 8.43. The normalized spacial score (nSPS) is 11.6. The topological polar surface area (TPSA) is 0 Å². The molecule has 0 N–H and O–H groups in total. The lowest BCUT2D eigenvalue weighted by molar-refractivity contribution is 0.628. The average molecular weight is 232 g/mol. The molecule has 11 heavy (non-hydrogen) atoms. The van der Waals surface area contributed by atoms with E-state index in [1.54, 1.807) is 0 Å². The predicted octanol–water partition coefficient (Wildman–Crippen LogP) is 3.93. The van der Waals surface area contributed by atoms with Gasteiger partial charge in [0.15, 0.2) is 0 Å². The summed E-state index contributed by atoms with van der Waals surface area (Å²) in [5.41, 5.74) is 0. The van der Waals surface area contributed by atoms with Gasteiger partial charge in [0.25, 0.3) is 0 Å². The van der Waals surface area contributed by atoms with E-state index in [0.717, 1.165) is 0 Å². The van der Waals surface area contributed by atoms with Crippen LogP contribution < -0.4 is 5.30 Å². The second-order valence-corrected chi connectivity index (χ2v) is 9.45. The summed E-state index contributed by atoms with van der Waals surface area (Å²) in [5, 5.41) is -1.96. The Morgan fingerprint density at radius 2 is 1.45 bits per heavy atom. The fourth-order valence-electron chi connectivity index (χ4n) is 0.610. The molecule has 0 spiro atoms. The van der Waals surface area contributed by atoms with Gasteiger partial charge in [-0.2, -0.15) is 0 Å². The highest BCUT2D eigenvalue weighted by Gasteiger charge is 2.35. The highest BCUT2D eigenvalue weighted by molar-refractivity contribution is 8.36. The van der Waals surface area contributed by atoms with Crippen molar-refractivity contribution in [1.82, 2.24) is 0 Å². The van der Waals surface area contributed by atoms with Crippen LogP contribution in [0.15, 0.2) is 24.3 Å². The van der Waals surface area contributed by atoms with Crippen molar-refractivity contribution < 1.29 is 4.39 Å². The maximum atomic E-state index is 12.4. The van der Waals surface area contributed by atoms with Gasteiger partial charge >= 0.3 is 5.32 Å². The fourth-order valence-corrected chi connectivity index (χ4v) is 2.11. The summed E-state index contributed by atoms with van der Waals surface area (Å²) in [6.45, 7) is 0. The molecule has 0 saturated carbocycles. The van der Waals surface area contributed by atoms with E-state index in [4.69, 9.17) is 33.7 Å². The zero-order chi connectivity index (χ0) is 8.48. The molecule has 0 heterocycles. The van der Waals surface area contributed by atoms with E-state index in [2.05, 4.69) is 0 Å². The van der Waals surface area contributed by atoms with Gasteiger partial charge in [0.1, 0.15) is 44.8 Å². The SMILES string of the molecule is Fc1ccc([P+](Cl)(Cl)Cl)cc1. The first-order valence-corrected chi connectivity index (χ1v) is 7.25. The van der Waals surface area contributed by atoms with Crippen molar-refractivity contribution in [2.45, 2.75) is 0 Å². The first-order valence-electron chi connectivity index (χ1n) is 2.74. The van der Waals surface area contributed by atoms with Gasteiger partial charge in [0.2, 0.25) is 0 Å². The van der Waals surface area contributed by atoms with Crippen LogP contribution in [0.25, 0.3) is 0 Å². The van der Waals surface area contributed by atoms with Gasteiger partial charge < -0.3 is 0 Å². The largest absolute Gasteiger partial charge is 0.339 e. The summed E-state index contributed by atoms with van der Waals surface area (Å²) in [6, 6.07) is 5.51. The minimum absolute atomic E-state index is 0.327. The second kappa shape index (κ2) is 3.45. The van der Waals surface area contributed by atoms with E-state index in [1.807, 2.05) is 0 Å². The van der Waals surface area contributed by atoms with Gasteiger partial charge in [-0.05, 0) is 24.3 Å². The van der Waals surface area contributed by atoms with Crippen LogP contribution in [-0.2, 0) is 0 Å². The molecule has 0 saturated heterocycles. The van der Waals surface area contributed by atoms with Gasteiger partial charge in [-0.3, -0.25) is 0 Å². The van der Waals surface area contributed by atoms with Gasteiger partial charge in [-0.25, -0.2) is 4.39 Å². The molecule has 0 nitrogen and oxygen atoms in total. The van der Waals surface area contributed by atoms with Crippen LogP contribution in [0.4, 0.5) is 4.39 Å². The van der Waals surface area contributed by atoms with Crippen molar-refractivity contribution in [2.24, 2.45) is 0 Å². The average Bonchev–Trinajstić information content (AvgIpc) is 1.86. The second-order valence-electron chi connectivity index (χ2n) is 1.92. The molecule has 0 atom stereocenters. The smallest absolute Gasteiger partial charge is 0.207 e. The minimum Gasteiger partial charge on any atom is -0.207 e. The summed E-state index contributed by atoms with van der Waals surface area (Å²) in [6.07, 6.45) is 0. The lowest BCUT2D eigenvalue weighted by Crippen LogP contribution is -1.97. The molecular weight excluding hydrogens is 228 g/mol. The first kappa shape index (κ1) is 9.54. The van der Waals surface area contributed by atoms with Crippen LogP contribution in [0.5, 0.6) is 0 Å². The lowest BCUT2D eigenvalue weighted by atomic mass is 10.4. The van der Waals surface area contributed by atoms with Crippen LogP contribution in [0.3, 0.4) is 0 Å². The highest BCUT2D eigenvalue weighted by atomic mass is 36.1. The molecule has 0 fully saturated rings. The summed E-state index contributed by atoms with van der Waals surface area (Å²) in [7, 11) is 0. The molecule has 1 aromatic carbocycles. The van der Waals surface area contributed by atoms with Crippen molar-refractivity contribution in [3.05, 3.63) is 30.1 Å². The Morgan fingerprint density at radius 1 is 1.00 bits per heavy atom. The highest BCUT2D eigenvalue weighted by Crippen LogP contribution is 2.72. The van der Waals surface area contributed by atoms with Gasteiger partial charge in [0.05, 0.1) is 0 Å². The molecule has 0 aliphatic carbocycles. The van der Waals surface area contributed by atoms with E-state index in [-0.39, 0.29) is 5.82 Å². The third kappa shape index (κ3) is 2.76. The molecule has 0 radical (unpaired) electrons. The van der Waals surface area contributed by atoms with E-state index in [9.17, 15) is 4.39 Å². The number of hydrogen-bond donors (Lipinski definition) is 0. The van der Waals surface area contributed by atoms with Crippen molar-refractivity contribution >= 4 is 44.3 Å². The molecule has 5 heteroatoms. The molecule has 0 aliphatic heterocycles. The Balaban J connectivity index is 2.99. The Hall–Kier alpha value is 0.450. The quantitative estimate of drug-likeness (QED) is 0.644. The van der Waals surface area contributed by atoms with E-state index in [0.29, 0.717) is 5.30 Å². The number of hydrogen-bond acceptors (Lipinski definition) is 0. The van der Waals surface area contributed by atoms with Crippen LogP contribution >= 0.6 is 39.0 Å². The van der Waals surface area contributed by atoms with Crippen LogP contribution in [-0.4, -0.2) is 0 Å². The van der Waals surface area contributed by atoms with Gasteiger partial charge in [0, 0.05) is 0 Å².